The fourth-order valence-corrected chi connectivity index (χ4v) is 2.08. The van der Waals surface area contributed by atoms with Gasteiger partial charge in [-0.3, -0.25) is 0 Å². The van der Waals surface area contributed by atoms with E-state index in [0.717, 1.165) is 11.8 Å². The molecule has 10 heavy (non-hydrogen) atoms. The van der Waals surface area contributed by atoms with Gasteiger partial charge in [0.2, 0.25) is 0 Å². The second kappa shape index (κ2) is 2.58. The molecular weight excluding hydrogens is 142 g/mol. The maximum atomic E-state index is 4.99. The molecule has 0 bridgehead atoms. The van der Waals surface area contributed by atoms with Crippen LogP contribution >= 0.6 is 0 Å². The first-order valence-corrected chi connectivity index (χ1v) is 7.18. The maximum absolute atomic E-state index is 4.99. The molecule has 0 saturated heterocycles. The molecule has 0 aliphatic heterocycles. The molecule has 0 aliphatic rings. The van der Waals surface area contributed by atoms with Crippen molar-refractivity contribution in [3.63, 3.8) is 0 Å². The Morgan fingerprint density at radius 3 is 2.60 bits per heavy atom. The Hall–Kier alpha value is -0.573. The van der Waals surface area contributed by atoms with E-state index in [2.05, 4.69) is 24.8 Å². The number of hydrogen-bond acceptors (Lipinski definition) is 2. The molecule has 0 aliphatic carbocycles. The molecule has 3 heteroatoms. The zero-order chi connectivity index (χ0) is 7.61. The molecule has 0 amide bonds. The van der Waals surface area contributed by atoms with Crippen LogP contribution < -0.4 is 0 Å². The summed E-state index contributed by atoms with van der Waals surface area (Å²) in [5.74, 6) is 1.03. The van der Waals surface area contributed by atoms with E-state index >= 15 is 0 Å². The Morgan fingerprint density at radius 2 is 2.20 bits per heavy atom. The maximum Gasteiger partial charge on any atom is 0.134 e. The Labute approximate surface area is 62.2 Å². The average molecular weight is 155 g/mol. The first-order valence-electron chi connectivity index (χ1n) is 3.47. The van der Waals surface area contributed by atoms with Crippen molar-refractivity contribution in [2.75, 3.05) is 0 Å². The summed E-state index contributed by atoms with van der Waals surface area (Å²) in [5, 5.41) is 3.65. The highest BCUT2D eigenvalue weighted by Gasteiger charge is 2.15. The molecule has 2 nitrogen and oxygen atoms in total. The lowest BCUT2D eigenvalue weighted by Crippen LogP contribution is -2.23. The van der Waals surface area contributed by atoms with E-state index in [-0.39, 0.29) is 0 Å². The molecule has 0 atom stereocenters. The Morgan fingerprint density at radius 1 is 1.50 bits per heavy atom. The van der Waals surface area contributed by atoms with Gasteiger partial charge in [-0.2, -0.15) is 0 Å². The molecule has 0 fully saturated rings. The van der Waals surface area contributed by atoms with Crippen LogP contribution in [-0.2, 0) is 6.04 Å². The van der Waals surface area contributed by atoms with E-state index in [4.69, 9.17) is 4.52 Å². The van der Waals surface area contributed by atoms with Gasteiger partial charge in [-0.05, 0) is 0 Å². The number of hydrogen-bond donors (Lipinski definition) is 0. The highest BCUT2D eigenvalue weighted by molar-refractivity contribution is 6.75. The lowest BCUT2D eigenvalue weighted by molar-refractivity contribution is 0.393. The minimum absolute atomic E-state index is 0.996. The summed E-state index contributed by atoms with van der Waals surface area (Å²) in [6.07, 6.45) is 1.70. The summed E-state index contributed by atoms with van der Waals surface area (Å²) in [5.41, 5.74) is 0. The Kier molecular flexibility index (Phi) is 1.94. The molecular formula is C7H13NOSi. The van der Waals surface area contributed by atoms with Gasteiger partial charge in [0.05, 0.1) is 14.3 Å². The minimum Gasteiger partial charge on any atom is -0.362 e. The first-order chi connectivity index (χ1) is 4.58. The molecule has 0 radical (unpaired) electrons. The van der Waals surface area contributed by atoms with Gasteiger partial charge in [0.25, 0.3) is 0 Å². The third-order valence-electron chi connectivity index (χ3n) is 1.20. The second-order valence-electron chi connectivity index (χ2n) is 3.72. The summed E-state index contributed by atoms with van der Waals surface area (Å²) in [6, 6.07) is 3.03. The number of aromatic nitrogens is 1. The van der Waals surface area contributed by atoms with Crippen LogP contribution in [0.15, 0.2) is 16.8 Å². The van der Waals surface area contributed by atoms with Gasteiger partial charge >= 0.3 is 0 Å². The van der Waals surface area contributed by atoms with Crippen LogP contribution in [0.5, 0.6) is 0 Å². The molecule has 1 heterocycles. The van der Waals surface area contributed by atoms with E-state index in [1.807, 2.05) is 6.07 Å². The molecule has 56 valence electrons. The molecule has 1 rings (SSSR count). The summed E-state index contributed by atoms with van der Waals surface area (Å²) < 4.78 is 4.99. The second-order valence-corrected chi connectivity index (χ2v) is 9.19. The van der Waals surface area contributed by atoms with E-state index in [0.29, 0.717) is 0 Å². The molecule has 0 N–H and O–H groups in total. The number of rotatable bonds is 2. The largest absolute Gasteiger partial charge is 0.362 e. The fraction of sp³-hybridized carbons (Fsp3) is 0.571. The summed E-state index contributed by atoms with van der Waals surface area (Å²) >= 11 is 0. The van der Waals surface area contributed by atoms with Crippen LogP contribution in [0.2, 0.25) is 19.6 Å². The van der Waals surface area contributed by atoms with Crippen LogP contribution in [0.1, 0.15) is 5.76 Å². The van der Waals surface area contributed by atoms with Crippen molar-refractivity contribution >= 4 is 8.07 Å². The summed E-state index contributed by atoms with van der Waals surface area (Å²) in [7, 11) is -0.996. The third kappa shape index (κ3) is 2.35. The Bertz CT molecular complexity index is 188. The van der Waals surface area contributed by atoms with Crippen molar-refractivity contribution in [3.8, 4) is 0 Å². The van der Waals surface area contributed by atoms with E-state index < -0.39 is 8.07 Å². The minimum atomic E-state index is -0.996. The molecule has 0 spiro atoms. The van der Waals surface area contributed by atoms with E-state index in [9.17, 15) is 0 Å². The number of nitrogens with zero attached hydrogens (tertiary/aromatic N) is 1. The topological polar surface area (TPSA) is 26.0 Å². The molecule has 0 unspecified atom stereocenters. The lowest BCUT2D eigenvalue weighted by atomic mass is 10.5. The quantitative estimate of drug-likeness (QED) is 0.611. The van der Waals surface area contributed by atoms with Crippen molar-refractivity contribution in [3.05, 3.63) is 18.0 Å². The van der Waals surface area contributed by atoms with Crippen LogP contribution in [0, 0.1) is 0 Å². The first kappa shape index (κ1) is 7.53. The van der Waals surface area contributed by atoms with Crippen LogP contribution in [0.25, 0.3) is 0 Å². The lowest BCUT2D eigenvalue weighted by Gasteiger charge is -2.11. The fourth-order valence-electron chi connectivity index (χ4n) is 0.856. The third-order valence-corrected chi connectivity index (χ3v) is 2.60. The smallest absolute Gasteiger partial charge is 0.134 e. The van der Waals surface area contributed by atoms with Gasteiger partial charge in [0, 0.05) is 12.1 Å². The molecule has 0 saturated carbocycles. The van der Waals surface area contributed by atoms with Crippen LogP contribution in [-0.4, -0.2) is 13.2 Å². The predicted octanol–water partition coefficient (Wildman–Crippen LogP) is 2.09. The van der Waals surface area contributed by atoms with Crippen molar-refractivity contribution < 1.29 is 4.52 Å². The molecule has 0 aromatic carbocycles. The highest BCUT2D eigenvalue weighted by atomic mass is 28.3. The zero-order valence-electron chi connectivity index (χ0n) is 6.72. The van der Waals surface area contributed by atoms with Crippen molar-refractivity contribution in [2.24, 2.45) is 0 Å². The van der Waals surface area contributed by atoms with Gasteiger partial charge in [-0.1, -0.05) is 24.8 Å². The Balaban J connectivity index is 2.57. The van der Waals surface area contributed by atoms with Gasteiger partial charge < -0.3 is 4.52 Å². The summed E-state index contributed by atoms with van der Waals surface area (Å²) in [6.45, 7) is 6.94. The van der Waals surface area contributed by atoms with E-state index in [1.165, 1.54) is 0 Å². The van der Waals surface area contributed by atoms with Crippen LogP contribution in [0.3, 0.4) is 0 Å². The zero-order valence-corrected chi connectivity index (χ0v) is 7.72. The van der Waals surface area contributed by atoms with Gasteiger partial charge in [-0.25, -0.2) is 0 Å². The highest BCUT2D eigenvalue weighted by Crippen LogP contribution is 2.09. The molecule has 1 aromatic heterocycles. The summed E-state index contributed by atoms with van der Waals surface area (Å²) in [4.78, 5) is 0. The van der Waals surface area contributed by atoms with Gasteiger partial charge in [0.1, 0.15) is 5.76 Å². The van der Waals surface area contributed by atoms with Gasteiger partial charge in [-0.15, -0.1) is 0 Å². The van der Waals surface area contributed by atoms with Crippen molar-refractivity contribution in [2.45, 2.75) is 25.7 Å². The monoisotopic (exact) mass is 155 g/mol. The van der Waals surface area contributed by atoms with Crippen molar-refractivity contribution in [1.29, 1.82) is 0 Å². The molecule has 1 aromatic rings. The van der Waals surface area contributed by atoms with Crippen LogP contribution in [0.4, 0.5) is 0 Å². The normalized spacial score (nSPS) is 11.9. The SMILES string of the molecule is C[Si](C)(C)Cc1ccno1. The van der Waals surface area contributed by atoms with Gasteiger partial charge in [0.15, 0.2) is 0 Å². The van der Waals surface area contributed by atoms with E-state index in [1.54, 1.807) is 6.20 Å². The van der Waals surface area contributed by atoms with Crippen molar-refractivity contribution in [1.82, 2.24) is 5.16 Å². The predicted molar refractivity (Wildman–Crippen MR) is 43.6 cm³/mol. The average Bonchev–Trinajstić information content (AvgIpc) is 2.12. The standard InChI is InChI=1S/C7H13NOSi/c1-10(2,3)6-7-4-5-8-9-7/h4-5H,6H2,1-3H3.